The Morgan fingerprint density at radius 1 is 1.00 bits per heavy atom. The van der Waals surface area contributed by atoms with Crippen molar-refractivity contribution in [2.45, 2.75) is 12.9 Å². The standard InChI is InChI=1S/C15H12F3N5O/c16-15(17,18)24-13-8-6-11(7-9-13)19-10-14-20-21-22-23(14)12-4-2-1-3-5-12/h1-9,19H,10H2. The van der Waals surface area contributed by atoms with Gasteiger partial charge in [-0.25, -0.2) is 0 Å². The zero-order valence-electron chi connectivity index (χ0n) is 12.2. The zero-order valence-corrected chi connectivity index (χ0v) is 12.2. The third-order valence-electron chi connectivity index (χ3n) is 3.07. The summed E-state index contributed by atoms with van der Waals surface area (Å²) in [7, 11) is 0. The van der Waals surface area contributed by atoms with Gasteiger partial charge in [-0.15, -0.1) is 18.3 Å². The minimum absolute atomic E-state index is 0.276. The van der Waals surface area contributed by atoms with Gasteiger partial charge in [0, 0.05) is 5.69 Å². The van der Waals surface area contributed by atoms with Crippen LogP contribution in [0.1, 0.15) is 5.82 Å². The first-order valence-electron chi connectivity index (χ1n) is 6.94. The Balaban J connectivity index is 1.66. The van der Waals surface area contributed by atoms with Gasteiger partial charge in [-0.2, -0.15) is 4.68 Å². The lowest BCUT2D eigenvalue weighted by Crippen LogP contribution is -2.17. The number of tetrazole rings is 1. The third kappa shape index (κ3) is 4.00. The number of benzene rings is 2. The van der Waals surface area contributed by atoms with Gasteiger partial charge in [0.2, 0.25) is 0 Å². The number of nitrogens with zero attached hydrogens (tertiary/aromatic N) is 4. The molecule has 0 bridgehead atoms. The lowest BCUT2D eigenvalue weighted by atomic mass is 10.3. The van der Waals surface area contributed by atoms with Crippen LogP contribution in [0.25, 0.3) is 5.69 Å². The van der Waals surface area contributed by atoms with Crippen LogP contribution in [0.2, 0.25) is 0 Å². The normalized spacial score (nSPS) is 11.3. The molecule has 24 heavy (non-hydrogen) atoms. The van der Waals surface area contributed by atoms with Gasteiger partial charge in [0.25, 0.3) is 0 Å². The molecule has 0 atom stereocenters. The minimum Gasteiger partial charge on any atom is -0.406 e. The first kappa shape index (κ1) is 15.8. The fraction of sp³-hybridized carbons (Fsp3) is 0.133. The summed E-state index contributed by atoms with van der Waals surface area (Å²) in [5.41, 5.74) is 1.43. The van der Waals surface area contributed by atoms with E-state index >= 15 is 0 Å². The fourth-order valence-corrected chi connectivity index (χ4v) is 2.04. The first-order valence-corrected chi connectivity index (χ1v) is 6.94. The van der Waals surface area contributed by atoms with E-state index in [0.717, 1.165) is 5.69 Å². The van der Waals surface area contributed by atoms with Crippen molar-refractivity contribution in [2.75, 3.05) is 5.32 Å². The highest BCUT2D eigenvalue weighted by Gasteiger charge is 2.30. The van der Waals surface area contributed by atoms with Crippen LogP contribution in [0, 0.1) is 0 Å². The Bertz CT molecular complexity index is 787. The van der Waals surface area contributed by atoms with Crippen LogP contribution < -0.4 is 10.1 Å². The van der Waals surface area contributed by atoms with E-state index in [9.17, 15) is 13.2 Å². The predicted octanol–water partition coefficient (Wildman–Crippen LogP) is 3.17. The summed E-state index contributed by atoms with van der Waals surface area (Å²) >= 11 is 0. The zero-order chi connectivity index (χ0) is 17.0. The lowest BCUT2D eigenvalue weighted by molar-refractivity contribution is -0.274. The molecule has 0 aliphatic heterocycles. The average Bonchev–Trinajstić information content (AvgIpc) is 3.02. The molecule has 3 aromatic rings. The molecule has 1 N–H and O–H groups in total. The minimum atomic E-state index is -4.70. The van der Waals surface area contributed by atoms with E-state index in [1.165, 1.54) is 24.3 Å². The number of halogens is 3. The third-order valence-corrected chi connectivity index (χ3v) is 3.07. The molecule has 0 amide bonds. The average molecular weight is 335 g/mol. The van der Waals surface area contributed by atoms with Gasteiger partial charge in [-0.05, 0) is 46.8 Å². The van der Waals surface area contributed by atoms with E-state index in [0.29, 0.717) is 18.1 Å². The molecule has 1 aromatic heterocycles. The second kappa shape index (κ2) is 6.57. The Hall–Kier alpha value is -3.10. The summed E-state index contributed by atoms with van der Waals surface area (Å²) in [6, 6.07) is 14.8. The monoisotopic (exact) mass is 335 g/mol. The number of rotatable bonds is 5. The predicted molar refractivity (Wildman–Crippen MR) is 79.6 cm³/mol. The van der Waals surface area contributed by atoms with E-state index in [2.05, 4.69) is 25.6 Å². The van der Waals surface area contributed by atoms with Crippen molar-refractivity contribution in [3.63, 3.8) is 0 Å². The summed E-state index contributed by atoms with van der Waals surface area (Å²) < 4.78 is 41.8. The maximum Gasteiger partial charge on any atom is 0.573 e. The molecule has 0 radical (unpaired) electrons. The van der Waals surface area contributed by atoms with Crippen molar-refractivity contribution >= 4 is 5.69 Å². The summed E-state index contributed by atoms with van der Waals surface area (Å²) in [4.78, 5) is 0. The molecule has 0 fully saturated rings. The van der Waals surface area contributed by atoms with Gasteiger partial charge in [0.1, 0.15) is 5.75 Å². The summed E-state index contributed by atoms with van der Waals surface area (Å²) in [6.07, 6.45) is -4.70. The van der Waals surface area contributed by atoms with Crippen LogP contribution in [0.15, 0.2) is 54.6 Å². The smallest absolute Gasteiger partial charge is 0.406 e. The van der Waals surface area contributed by atoms with Crippen molar-refractivity contribution in [3.05, 3.63) is 60.4 Å². The maximum absolute atomic E-state index is 12.1. The van der Waals surface area contributed by atoms with Gasteiger partial charge in [0.15, 0.2) is 5.82 Å². The van der Waals surface area contributed by atoms with Crippen LogP contribution >= 0.6 is 0 Å². The molecule has 0 saturated carbocycles. The Kier molecular flexibility index (Phi) is 4.32. The molecule has 0 unspecified atom stereocenters. The number of hydrogen-bond acceptors (Lipinski definition) is 5. The maximum atomic E-state index is 12.1. The number of hydrogen-bond donors (Lipinski definition) is 1. The SMILES string of the molecule is FC(F)(F)Oc1ccc(NCc2nnnn2-c2ccccc2)cc1. The van der Waals surface area contributed by atoms with Crippen molar-refractivity contribution in [3.8, 4) is 11.4 Å². The summed E-state index contributed by atoms with van der Waals surface area (Å²) in [6.45, 7) is 0.307. The van der Waals surface area contributed by atoms with Gasteiger partial charge >= 0.3 is 6.36 Å². The highest BCUT2D eigenvalue weighted by molar-refractivity contribution is 5.46. The number of aromatic nitrogens is 4. The van der Waals surface area contributed by atoms with Crippen molar-refractivity contribution in [2.24, 2.45) is 0 Å². The van der Waals surface area contributed by atoms with Gasteiger partial charge < -0.3 is 10.1 Å². The molecule has 0 saturated heterocycles. The first-order chi connectivity index (χ1) is 11.5. The number of para-hydroxylation sites is 1. The molecular weight excluding hydrogens is 323 g/mol. The second-order valence-corrected chi connectivity index (χ2v) is 4.77. The van der Waals surface area contributed by atoms with Crippen LogP contribution in [-0.2, 0) is 6.54 Å². The summed E-state index contributed by atoms with van der Waals surface area (Å²) in [5.74, 6) is 0.291. The largest absolute Gasteiger partial charge is 0.573 e. The van der Waals surface area contributed by atoms with E-state index in [-0.39, 0.29) is 5.75 Å². The molecule has 0 spiro atoms. The van der Waals surface area contributed by atoms with E-state index in [4.69, 9.17) is 0 Å². The van der Waals surface area contributed by atoms with Crippen LogP contribution in [0.4, 0.5) is 18.9 Å². The van der Waals surface area contributed by atoms with E-state index in [1.54, 1.807) is 4.68 Å². The topological polar surface area (TPSA) is 64.9 Å². The summed E-state index contributed by atoms with van der Waals surface area (Å²) in [5, 5.41) is 14.6. The van der Waals surface area contributed by atoms with E-state index < -0.39 is 6.36 Å². The fourth-order valence-electron chi connectivity index (χ4n) is 2.04. The molecule has 2 aromatic carbocycles. The quantitative estimate of drug-likeness (QED) is 0.776. The molecule has 124 valence electrons. The van der Waals surface area contributed by atoms with Gasteiger partial charge in [-0.3, -0.25) is 0 Å². The number of ether oxygens (including phenoxy) is 1. The molecular formula is C15H12F3N5O. The number of nitrogens with one attached hydrogen (secondary N) is 1. The van der Waals surface area contributed by atoms with Crippen LogP contribution in [-0.4, -0.2) is 26.6 Å². The van der Waals surface area contributed by atoms with Gasteiger partial charge in [-0.1, -0.05) is 18.2 Å². The van der Waals surface area contributed by atoms with Crippen molar-refractivity contribution in [1.29, 1.82) is 0 Å². The molecule has 9 heteroatoms. The highest BCUT2D eigenvalue weighted by atomic mass is 19.4. The Morgan fingerprint density at radius 2 is 1.71 bits per heavy atom. The molecule has 1 heterocycles. The lowest BCUT2D eigenvalue weighted by Gasteiger charge is -2.10. The highest BCUT2D eigenvalue weighted by Crippen LogP contribution is 2.24. The number of alkyl halides is 3. The van der Waals surface area contributed by atoms with Crippen LogP contribution in [0.3, 0.4) is 0 Å². The van der Waals surface area contributed by atoms with Crippen LogP contribution in [0.5, 0.6) is 5.75 Å². The van der Waals surface area contributed by atoms with Gasteiger partial charge in [0.05, 0.1) is 12.2 Å². The number of anilines is 1. The van der Waals surface area contributed by atoms with Crippen molar-refractivity contribution in [1.82, 2.24) is 20.2 Å². The molecule has 6 nitrogen and oxygen atoms in total. The Labute approximate surface area is 134 Å². The second-order valence-electron chi connectivity index (χ2n) is 4.77. The molecule has 0 aliphatic rings. The van der Waals surface area contributed by atoms with E-state index in [1.807, 2.05) is 30.3 Å². The van der Waals surface area contributed by atoms with Crippen molar-refractivity contribution < 1.29 is 17.9 Å². The molecule has 0 aliphatic carbocycles. The molecule has 3 rings (SSSR count). The Morgan fingerprint density at radius 3 is 2.38 bits per heavy atom.